The van der Waals surface area contributed by atoms with Crippen LogP contribution in [0.1, 0.15) is 22.7 Å². The van der Waals surface area contributed by atoms with Gasteiger partial charge in [-0.25, -0.2) is 4.79 Å². The van der Waals surface area contributed by atoms with Gasteiger partial charge in [-0.3, -0.25) is 0 Å². The van der Waals surface area contributed by atoms with Crippen LogP contribution in [0.15, 0.2) is 10.6 Å². The predicted molar refractivity (Wildman–Crippen MR) is 51.7 cm³/mol. The molecule has 0 aliphatic rings. The summed E-state index contributed by atoms with van der Waals surface area (Å²) < 4.78 is 9.68. The summed E-state index contributed by atoms with van der Waals surface area (Å²) in [5.41, 5.74) is -0.0660. The Morgan fingerprint density at radius 3 is 3.13 bits per heavy atom. The first-order chi connectivity index (χ1) is 7.24. The van der Waals surface area contributed by atoms with E-state index in [1.165, 1.54) is 6.07 Å². The number of hydrogen-bond donors (Lipinski definition) is 2. The molecule has 0 fully saturated rings. The van der Waals surface area contributed by atoms with Gasteiger partial charge in [-0.05, 0) is 13.0 Å². The maximum Gasteiger partial charge on any atom is 0.358 e. The van der Waals surface area contributed by atoms with Crippen molar-refractivity contribution in [2.24, 2.45) is 0 Å². The van der Waals surface area contributed by atoms with Gasteiger partial charge in [-0.1, -0.05) is 5.16 Å². The maximum atomic E-state index is 10.5. The average Bonchev–Trinajstić information content (AvgIpc) is 2.66. The number of rotatable bonds is 7. The van der Waals surface area contributed by atoms with E-state index in [0.717, 1.165) is 13.0 Å². The third kappa shape index (κ3) is 4.09. The Hall–Kier alpha value is -1.40. The monoisotopic (exact) mass is 214 g/mol. The van der Waals surface area contributed by atoms with Gasteiger partial charge in [0.2, 0.25) is 0 Å². The molecule has 0 radical (unpaired) electrons. The number of nitrogens with one attached hydrogen (secondary N) is 1. The van der Waals surface area contributed by atoms with Gasteiger partial charge in [0.15, 0.2) is 11.5 Å². The Morgan fingerprint density at radius 2 is 2.53 bits per heavy atom. The van der Waals surface area contributed by atoms with Crippen LogP contribution in [0.4, 0.5) is 0 Å². The molecule has 0 bridgehead atoms. The third-order valence-corrected chi connectivity index (χ3v) is 1.78. The van der Waals surface area contributed by atoms with Crippen LogP contribution in [-0.2, 0) is 11.3 Å². The van der Waals surface area contributed by atoms with Gasteiger partial charge >= 0.3 is 5.97 Å². The van der Waals surface area contributed by atoms with Gasteiger partial charge in [-0.15, -0.1) is 0 Å². The zero-order valence-electron chi connectivity index (χ0n) is 8.52. The Bertz CT molecular complexity index is 311. The molecule has 0 saturated carbocycles. The van der Waals surface area contributed by atoms with Crippen LogP contribution < -0.4 is 5.32 Å². The molecule has 1 aromatic rings. The SMILES string of the molecule is COCCCNCc1cc(C(=O)O)no1. The number of nitrogens with zero attached hydrogens (tertiary/aromatic N) is 1. The fraction of sp³-hybridized carbons (Fsp3) is 0.556. The molecular weight excluding hydrogens is 200 g/mol. The second kappa shape index (κ2) is 6.15. The van der Waals surface area contributed by atoms with E-state index in [-0.39, 0.29) is 5.69 Å². The number of aromatic carboxylic acids is 1. The highest BCUT2D eigenvalue weighted by Crippen LogP contribution is 2.02. The van der Waals surface area contributed by atoms with Gasteiger partial charge in [0.05, 0.1) is 6.54 Å². The van der Waals surface area contributed by atoms with Crippen LogP contribution in [0.5, 0.6) is 0 Å². The van der Waals surface area contributed by atoms with Crippen molar-refractivity contribution in [3.63, 3.8) is 0 Å². The molecule has 0 unspecified atom stereocenters. The molecule has 84 valence electrons. The molecule has 1 heterocycles. The minimum absolute atomic E-state index is 0.0660. The van der Waals surface area contributed by atoms with Crippen molar-refractivity contribution in [1.29, 1.82) is 0 Å². The van der Waals surface area contributed by atoms with Crippen molar-refractivity contribution < 1.29 is 19.2 Å². The van der Waals surface area contributed by atoms with Crippen LogP contribution in [0.3, 0.4) is 0 Å². The van der Waals surface area contributed by atoms with Crippen molar-refractivity contribution in [3.05, 3.63) is 17.5 Å². The van der Waals surface area contributed by atoms with E-state index in [4.69, 9.17) is 14.4 Å². The van der Waals surface area contributed by atoms with E-state index in [0.29, 0.717) is 18.9 Å². The summed E-state index contributed by atoms with van der Waals surface area (Å²) in [6.07, 6.45) is 0.899. The Morgan fingerprint density at radius 1 is 1.73 bits per heavy atom. The third-order valence-electron chi connectivity index (χ3n) is 1.78. The van der Waals surface area contributed by atoms with Crippen LogP contribution in [-0.4, -0.2) is 36.5 Å². The lowest BCUT2D eigenvalue weighted by molar-refractivity contribution is 0.0685. The lowest BCUT2D eigenvalue weighted by Gasteiger charge is -2.00. The zero-order valence-corrected chi connectivity index (χ0v) is 8.52. The minimum atomic E-state index is -1.08. The Kier molecular flexibility index (Phi) is 4.79. The number of ether oxygens (including phenoxy) is 1. The summed E-state index contributed by atoms with van der Waals surface area (Å²) in [6.45, 7) is 1.96. The van der Waals surface area contributed by atoms with Gasteiger partial charge in [0.1, 0.15) is 0 Å². The first kappa shape index (κ1) is 11.7. The van der Waals surface area contributed by atoms with Crippen molar-refractivity contribution in [3.8, 4) is 0 Å². The molecule has 6 nitrogen and oxygen atoms in total. The number of hydrogen-bond acceptors (Lipinski definition) is 5. The fourth-order valence-corrected chi connectivity index (χ4v) is 1.05. The highest BCUT2D eigenvalue weighted by molar-refractivity contribution is 5.85. The van der Waals surface area contributed by atoms with Crippen molar-refractivity contribution >= 4 is 5.97 Å². The molecule has 0 aliphatic carbocycles. The summed E-state index contributed by atoms with van der Waals surface area (Å²) in [5.74, 6) is -0.561. The summed E-state index contributed by atoms with van der Waals surface area (Å²) in [4.78, 5) is 10.5. The number of carboxylic acid groups (broad SMARTS) is 1. The Balaban J connectivity index is 2.23. The summed E-state index contributed by atoms with van der Waals surface area (Å²) >= 11 is 0. The van der Waals surface area contributed by atoms with Crippen molar-refractivity contribution in [2.75, 3.05) is 20.3 Å². The number of carboxylic acids is 1. The lowest BCUT2D eigenvalue weighted by Crippen LogP contribution is -2.15. The molecular formula is C9H14N2O4. The van der Waals surface area contributed by atoms with E-state index >= 15 is 0 Å². The molecule has 0 saturated heterocycles. The average molecular weight is 214 g/mol. The molecule has 0 spiro atoms. The molecule has 2 N–H and O–H groups in total. The van der Waals surface area contributed by atoms with Gasteiger partial charge < -0.3 is 19.7 Å². The number of aromatic nitrogens is 1. The molecule has 0 atom stereocenters. The smallest absolute Gasteiger partial charge is 0.358 e. The topological polar surface area (TPSA) is 84.6 Å². The molecule has 6 heteroatoms. The first-order valence-electron chi connectivity index (χ1n) is 4.62. The molecule has 1 aromatic heterocycles. The molecule has 0 aliphatic heterocycles. The van der Waals surface area contributed by atoms with Crippen LogP contribution in [0.2, 0.25) is 0 Å². The second-order valence-corrected chi connectivity index (χ2v) is 3.01. The normalized spacial score (nSPS) is 10.5. The largest absolute Gasteiger partial charge is 0.476 e. The molecule has 0 aromatic carbocycles. The lowest BCUT2D eigenvalue weighted by atomic mass is 10.3. The highest BCUT2D eigenvalue weighted by Gasteiger charge is 2.09. The summed E-state index contributed by atoms with van der Waals surface area (Å²) in [5, 5.41) is 15.1. The Labute approximate surface area is 87.2 Å². The highest BCUT2D eigenvalue weighted by atomic mass is 16.5. The summed E-state index contributed by atoms with van der Waals surface area (Å²) in [6, 6.07) is 1.41. The zero-order chi connectivity index (χ0) is 11.1. The van der Waals surface area contributed by atoms with Gasteiger partial charge in [0.25, 0.3) is 0 Å². The van der Waals surface area contributed by atoms with Crippen LogP contribution in [0, 0.1) is 0 Å². The van der Waals surface area contributed by atoms with E-state index in [1.807, 2.05) is 0 Å². The minimum Gasteiger partial charge on any atom is -0.476 e. The fourth-order valence-electron chi connectivity index (χ4n) is 1.05. The maximum absolute atomic E-state index is 10.5. The van der Waals surface area contributed by atoms with E-state index in [2.05, 4.69) is 10.5 Å². The van der Waals surface area contributed by atoms with Crippen molar-refractivity contribution in [2.45, 2.75) is 13.0 Å². The number of carbonyl (C=O) groups is 1. The standard InChI is InChI=1S/C9H14N2O4/c1-14-4-2-3-10-6-7-5-8(9(12)13)11-15-7/h5,10H,2-4,6H2,1H3,(H,12,13). The molecule has 0 amide bonds. The number of methoxy groups -OCH3 is 1. The van der Waals surface area contributed by atoms with Crippen LogP contribution >= 0.6 is 0 Å². The van der Waals surface area contributed by atoms with E-state index < -0.39 is 5.97 Å². The second-order valence-electron chi connectivity index (χ2n) is 3.01. The van der Waals surface area contributed by atoms with Crippen LogP contribution in [0.25, 0.3) is 0 Å². The predicted octanol–water partition coefficient (Wildman–Crippen LogP) is 0.499. The van der Waals surface area contributed by atoms with Gasteiger partial charge in [-0.2, -0.15) is 0 Å². The molecule has 1 rings (SSSR count). The molecule has 15 heavy (non-hydrogen) atoms. The first-order valence-corrected chi connectivity index (χ1v) is 4.62. The van der Waals surface area contributed by atoms with E-state index in [9.17, 15) is 4.79 Å². The van der Waals surface area contributed by atoms with Gasteiger partial charge in [0, 0.05) is 19.8 Å². The quantitative estimate of drug-likeness (QED) is 0.643. The van der Waals surface area contributed by atoms with E-state index in [1.54, 1.807) is 7.11 Å². The van der Waals surface area contributed by atoms with Crippen molar-refractivity contribution in [1.82, 2.24) is 10.5 Å². The summed E-state index contributed by atoms with van der Waals surface area (Å²) in [7, 11) is 1.65.